The van der Waals surface area contributed by atoms with Crippen molar-refractivity contribution in [2.45, 2.75) is 13.0 Å². The van der Waals surface area contributed by atoms with E-state index in [1.54, 1.807) is 18.2 Å². The Morgan fingerprint density at radius 2 is 2.31 bits per heavy atom. The fraction of sp³-hybridized carbons (Fsp3) is 0.308. The van der Waals surface area contributed by atoms with Crippen LogP contribution in [-0.2, 0) is 6.54 Å². The van der Waals surface area contributed by atoms with E-state index in [1.165, 1.54) is 0 Å². The highest BCUT2D eigenvalue weighted by Crippen LogP contribution is 2.08. The number of carboxylic acid groups (broad SMARTS) is 1. The molecule has 3 heteroatoms. The van der Waals surface area contributed by atoms with Gasteiger partial charge < -0.3 is 10.0 Å². The summed E-state index contributed by atoms with van der Waals surface area (Å²) >= 11 is 0. The van der Waals surface area contributed by atoms with Crippen LogP contribution >= 0.6 is 0 Å². The Labute approximate surface area is 96.0 Å². The van der Waals surface area contributed by atoms with Crippen LogP contribution in [0.15, 0.2) is 36.9 Å². The Morgan fingerprint density at radius 3 is 2.94 bits per heavy atom. The molecule has 0 saturated carbocycles. The Kier molecular flexibility index (Phi) is 4.73. The average molecular weight is 219 g/mol. The van der Waals surface area contributed by atoms with Gasteiger partial charge in [-0.3, -0.25) is 0 Å². The minimum Gasteiger partial charge on any atom is -0.478 e. The van der Waals surface area contributed by atoms with Crippen LogP contribution in [-0.4, -0.2) is 29.6 Å². The van der Waals surface area contributed by atoms with Crippen LogP contribution in [0.5, 0.6) is 0 Å². The predicted molar refractivity (Wildman–Crippen MR) is 64.5 cm³/mol. The first kappa shape index (κ1) is 12.5. The fourth-order valence-electron chi connectivity index (χ4n) is 1.51. The zero-order valence-electron chi connectivity index (χ0n) is 9.52. The van der Waals surface area contributed by atoms with Gasteiger partial charge in [0.1, 0.15) is 0 Å². The molecule has 0 unspecified atom stereocenters. The van der Waals surface area contributed by atoms with Crippen LogP contribution in [0.1, 0.15) is 22.3 Å². The Balaban J connectivity index is 2.62. The molecular formula is C13H17NO2. The number of hydrogen-bond acceptors (Lipinski definition) is 2. The maximum atomic E-state index is 10.8. The molecule has 0 atom stereocenters. The second-order valence-electron chi connectivity index (χ2n) is 3.82. The van der Waals surface area contributed by atoms with Crippen molar-refractivity contribution in [3.63, 3.8) is 0 Å². The molecule has 0 aliphatic carbocycles. The number of benzene rings is 1. The van der Waals surface area contributed by atoms with Crippen molar-refractivity contribution in [3.8, 4) is 0 Å². The minimum atomic E-state index is -0.879. The van der Waals surface area contributed by atoms with E-state index < -0.39 is 5.97 Å². The minimum absolute atomic E-state index is 0.342. The predicted octanol–water partition coefficient (Wildman–Crippen LogP) is 2.39. The van der Waals surface area contributed by atoms with E-state index in [1.807, 2.05) is 19.2 Å². The van der Waals surface area contributed by atoms with Crippen molar-refractivity contribution in [1.82, 2.24) is 4.90 Å². The van der Waals surface area contributed by atoms with Gasteiger partial charge >= 0.3 is 5.97 Å². The summed E-state index contributed by atoms with van der Waals surface area (Å²) in [6.45, 7) is 5.36. The lowest BCUT2D eigenvalue weighted by atomic mass is 10.1. The first-order chi connectivity index (χ1) is 7.63. The smallest absolute Gasteiger partial charge is 0.335 e. The highest BCUT2D eigenvalue weighted by molar-refractivity contribution is 5.87. The second kappa shape index (κ2) is 6.08. The highest BCUT2D eigenvalue weighted by atomic mass is 16.4. The summed E-state index contributed by atoms with van der Waals surface area (Å²) < 4.78 is 0. The van der Waals surface area contributed by atoms with E-state index in [0.717, 1.165) is 25.1 Å². The first-order valence-electron chi connectivity index (χ1n) is 5.25. The van der Waals surface area contributed by atoms with Gasteiger partial charge in [-0.2, -0.15) is 0 Å². The standard InChI is InChI=1S/C13H17NO2/c1-3-4-8-14(2)10-11-6-5-7-12(9-11)13(15)16/h3,5-7,9H,1,4,8,10H2,2H3,(H,15,16). The van der Waals surface area contributed by atoms with E-state index >= 15 is 0 Å². The molecule has 1 aromatic carbocycles. The van der Waals surface area contributed by atoms with Gasteiger partial charge in [0.15, 0.2) is 0 Å². The molecule has 0 spiro atoms. The molecule has 1 rings (SSSR count). The van der Waals surface area contributed by atoms with Crippen molar-refractivity contribution in [1.29, 1.82) is 0 Å². The van der Waals surface area contributed by atoms with Gasteiger partial charge in [-0.25, -0.2) is 4.79 Å². The van der Waals surface area contributed by atoms with E-state index in [-0.39, 0.29) is 0 Å². The van der Waals surface area contributed by atoms with Gasteiger partial charge in [0.05, 0.1) is 5.56 Å². The highest BCUT2D eigenvalue weighted by Gasteiger charge is 2.04. The van der Waals surface area contributed by atoms with Gasteiger partial charge in [-0.15, -0.1) is 6.58 Å². The Hall–Kier alpha value is -1.61. The normalized spacial score (nSPS) is 10.4. The van der Waals surface area contributed by atoms with Crippen molar-refractivity contribution < 1.29 is 9.90 Å². The zero-order valence-corrected chi connectivity index (χ0v) is 9.52. The third-order valence-electron chi connectivity index (χ3n) is 2.34. The number of carbonyl (C=O) groups is 1. The average Bonchev–Trinajstić information content (AvgIpc) is 2.26. The summed E-state index contributed by atoms with van der Waals surface area (Å²) in [5.74, 6) is -0.879. The molecule has 1 aromatic rings. The van der Waals surface area contributed by atoms with Crippen LogP contribution in [0.25, 0.3) is 0 Å². The third-order valence-corrected chi connectivity index (χ3v) is 2.34. The topological polar surface area (TPSA) is 40.5 Å². The SMILES string of the molecule is C=CCCN(C)Cc1cccc(C(=O)O)c1. The first-order valence-corrected chi connectivity index (χ1v) is 5.25. The molecule has 0 fully saturated rings. The quantitative estimate of drug-likeness (QED) is 0.747. The molecule has 0 bridgehead atoms. The maximum Gasteiger partial charge on any atom is 0.335 e. The lowest BCUT2D eigenvalue weighted by molar-refractivity contribution is 0.0696. The molecule has 0 aromatic heterocycles. The summed E-state index contributed by atoms with van der Waals surface area (Å²) in [6.07, 6.45) is 2.82. The molecule has 3 nitrogen and oxygen atoms in total. The van der Waals surface area contributed by atoms with Crippen LogP contribution in [0, 0.1) is 0 Å². The monoisotopic (exact) mass is 219 g/mol. The van der Waals surface area contributed by atoms with Gasteiger partial charge in [-0.05, 0) is 31.2 Å². The van der Waals surface area contributed by atoms with Gasteiger partial charge in [0.25, 0.3) is 0 Å². The van der Waals surface area contributed by atoms with Crippen molar-refractivity contribution in [3.05, 3.63) is 48.0 Å². The fourth-order valence-corrected chi connectivity index (χ4v) is 1.51. The van der Waals surface area contributed by atoms with Crippen LogP contribution in [0.4, 0.5) is 0 Å². The number of aromatic carboxylic acids is 1. The number of rotatable bonds is 6. The van der Waals surface area contributed by atoms with Crippen molar-refractivity contribution >= 4 is 5.97 Å². The number of nitrogens with zero attached hydrogens (tertiary/aromatic N) is 1. The van der Waals surface area contributed by atoms with Gasteiger partial charge in [0.2, 0.25) is 0 Å². The molecule has 1 N–H and O–H groups in total. The third kappa shape index (κ3) is 3.87. The number of hydrogen-bond donors (Lipinski definition) is 1. The summed E-state index contributed by atoms with van der Waals surface area (Å²) in [6, 6.07) is 7.04. The van der Waals surface area contributed by atoms with E-state index in [4.69, 9.17) is 5.11 Å². The van der Waals surface area contributed by atoms with Crippen molar-refractivity contribution in [2.75, 3.05) is 13.6 Å². The summed E-state index contributed by atoms with van der Waals surface area (Å²) in [7, 11) is 2.01. The zero-order chi connectivity index (χ0) is 12.0. The molecule has 16 heavy (non-hydrogen) atoms. The lowest BCUT2D eigenvalue weighted by Gasteiger charge is -2.15. The molecule has 0 aliphatic rings. The molecule has 0 amide bonds. The van der Waals surface area contributed by atoms with Crippen LogP contribution in [0.3, 0.4) is 0 Å². The van der Waals surface area contributed by atoms with E-state index in [2.05, 4.69) is 11.5 Å². The molecule has 0 aliphatic heterocycles. The Morgan fingerprint density at radius 1 is 1.56 bits per heavy atom. The molecule has 86 valence electrons. The molecular weight excluding hydrogens is 202 g/mol. The molecule has 0 radical (unpaired) electrons. The largest absolute Gasteiger partial charge is 0.478 e. The van der Waals surface area contributed by atoms with Gasteiger partial charge in [0, 0.05) is 13.1 Å². The number of carboxylic acids is 1. The second-order valence-corrected chi connectivity index (χ2v) is 3.82. The van der Waals surface area contributed by atoms with Crippen LogP contribution in [0.2, 0.25) is 0 Å². The van der Waals surface area contributed by atoms with E-state index in [0.29, 0.717) is 5.56 Å². The van der Waals surface area contributed by atoms with Crippen LogP contribution < -0.4 is 0 Å². The lowest BCUT2D eigenvalue weighted by Crippen LogP contribution is -2.18. The molecule has 0 saturated heterocycles. The van der Waals surface area contributed by atoms with E-state index in [9.17, 15) is 4.79 Å². The van der Waals surface area contributed by atoms with Crippen molar-refractivity contribution in [2.24, 2.45) is 0 Å². The maximum absolute atomic E-state index is 10.8. The molecule has 0 heterocycles. The Bertz CT molecular complexity index is 374. The summed E-state index contributed by atoms with van der Waals surface area (Å²) in [4.78, 5) is 12.9. The summed E-state index contributed by atoms with van der Waals surface area (Å²) in [5, 5.41) is 8.86. The summed E-state index contributed by atoms with van der Waals surface area (Å²) in [5.41, 5.74) is 1.36. The van der Waals surface area contributed by atoms with Gasteiger partial charge in [-0.1, -0.05) is 18.2 Å².